The fourth-order valence-corrected chi connectivity index (χ4v) is 1.74. The molecule has 0 fully saturated rings. The minimum absolute atomic E-state index is 0.180. The summed E-state index contributed by atoms with van der Waals surface area (Å²) >= 11 is 4.05. The summed E-state index contributed by atoms with van der Waals surface area (Å²) < 4.78 is 10.6. The number of terminal acetylenes is 1. The molecule has 0 amide bonds. The molecule has 1 aliphatic heterocycles. The zero-order valence-corrected chi connectivity index (χ0v) is 12.2. The van der Waals surface area contributed by atoms with Gasteiger partial charge in [-0.15, -0.1) is 12.3 Å². The molecule has 108 valence electrons. The van der Waals surface area contributed by atoms with Crippen LogP contribution in [0.25, 0.3) is 0 Å². The lowest BCUT2D eigenvalue weighted by molar-refractivity contribution is 0.0550. The zero-order chi connectivity index (χ0) is 13.8. The van der Waals surface area contributed by atoms with Crippen LogP contribution in [0.2, 0.25) is 0 Å². The van der Waals surface area contributed by atoms with Crippen molar-refractivity contribution in [3.8, 4) is 12.3 Å². The standard InChI is InChI=1S/C13H23N3O2S/c1-2-3-4-13(15-16-13)5-6-14-7-8-17-9-10-18-11-12-19/h1,14,19H,3-12H2. The van der Waals surface area contributed by atoms with Crippen molar-refractivity contribution in [3.63, 3.8) is 0 Å². The zero-order valence-electron chi connectivity index (χ0n) is 11.3. The highest BCUT2D eigenvalue weighted by Gasteiger charge is 2.38. The Morgan fingerprint density at radius 3 is 2.42 bits per heavy atom. The van der Waals surface area contributed by atoms with Gasteiger partial charge in [-0.25, -0.2) is 0 Å². The number of thiol groups is 1. The van der Waals surface area contributed by atoms with E-state index in [4.69, 9.17) is 15.9 Å². The SMILES string of the molecule is C#CCCC1(CCNCCOCCOCCS)N=N1. The second-order valence-corrected chi connectivity index (χ2v) is 4.78. The van der Waals surface area contributed by atoms with E-state index in [1.807, 2.05) is 0 Å². The Hall–Kier alpha value is -0.610. The summed E-state index contributed by atoms with van der Waals surface area (Å²) in [7, 11) is 0. The van der Waals surface area contributed by atoms with Gasteiger partial charge < -0.3 is 14.8 Å². The summed E-state index contributed by atoms with van der Waals surface area (Å²) in [4.78, 5) is 0. The predicted octanol–water partition coefficient (Wildman–Crippen LogP) is 1.50. The summed E-state index contributed by atoms with van der Waals surface area (Å²) in [5.74, 6) is 3.38. The Morgan fingerprint density at radius 2 is 1.79 bits per heavy atom. The van der Waals surface area contributed by atoms with Crippen molar-refractivity contribution in [3.05, 3.63) is 0 Å². The lowest BCUT2D eigenvalue weighted by atomic mass is 10.0. The summed E-state index contributed by atoms with van der Waals surface area (Å²) in [6.45, 7) is 4.35. The lowest BCUT2D eigenvalue weighted by Crippen LogP contribution is -2.26. The Labute approximate surface area is 120 Å². The molecule has 0 aromatic heterocycles. The predicted molar refractivity (Wildman–Crippen MR) is 78.6 cm³/mol. The minimum atomic E-state index is -0.180. The number of hydrogen-bond donors (Lipinski definition) is 2. The van der Waals surface area contributed by atoms with Gasteiger partial charge in [0.05, 0.1) is 26.4 Å². The van der Waals surface area contributed by atoms with E-state index in [1.165, 1.54) is 0 Å². The first-order valence-electron chi connectivity index (χ1n) is 6.67. The van der Waals surface area contributed by atoms with Crippen molar-refractivity contribution in [2.24, 2.45) is 10.2 Å². The number of nitrogens with zero attached hydrogens (tertiary/aromatic N) is 2. The third-order valence-corrected chi connectivity index (χ3v) is 2.97. The summed E-state index contributed by atoms with van der Waals surface area (Å²) in [6.07, 6.45) is 7.76. The van der Waals surface area contributed by atoms with Crippen LogP contribution in [0.5, 0.6) is 0 Å². The van der Waals surface area contributed by atoms with Gasteiger partial charge in [0.25, 0.3) is 0 Å². The van der Waals surface area contributed by atoms with E-state index in [9.17, 15) is 0 Å². The van der Waals surface area contributed by atoms with Gasteiger partial charge in [-0.05, 0) is 6.54 Å². The minimum Gasteiger partial charge on any atom is -0.378 e. The molecule has 0 saturated carbocycles. The molecule has 0 saturated heterocycles. The number of nitrogens with one attached hydrogen (secondary N) is 1. The second kappa shape index (κ2) is 10.2. The Bertz CT molecular complexity index is 299. The van der Waals surface area contributed by atoms with Gasteiger partial charge in [0, 0.05) is 31.6 Å². The third kappa shape index (κ3) is 8.22. The monoisotopic (exact) mass is 285 g/mol. The summed E-state index contributed by atoms with van der Waals surface area (Å²) in [5.41, 5.74) is -0.180. The van der Waals surface area contributed by atoms with E-state index in [0.29, 0.717) is 26.4 Å². The van der Waals surface area contributed by atoms with Crippen molar-refractivity contribution in [1.29, 1.82) is 0 Å². The molecule has 5 nitrogen and oxygen atoms in total. The third-order valence-electron chi connectivity index (χ3n) is 2.79. The molecule has 0 radical (unpaired) electrons. The normalized spacial score (nSPS) is 15.4. The average Bonchev–Trinajstić information content (AvgIpc) is 3.19. The first kappa shape index (κ1) is 16.4. The molecule has 1 rings (SSSR count). The maximum atomic E-state index is 5.41. The fraction of sp³-hybridized carbons (Fsp3) is 0.846. The molecule has 0 atom stereocenters. The number of hydrogen-bond acceptors (Lipinski definition) is 6. The number of rotatable bonds is 13. The molecule has 0 spiro atoms. The van der Waals surface area contributed by atoms with Crippen LogP contribution in [-0.2, 0) is 9.47 Å². The van der Waals surface area contributed by atoms with Gasteiger partial charge in [0.15, 0.2) is 5.66 Å². The van der Waals surface area contributed by atoms with Crippen LogP contribution in [0.15, 0.2) is 10.2 Å². The van der Waals surface area contributed by atoms with Crippen LogP contribution in [0.4, 0.5) is 0 Å². The molecular weight excluding hydrogens is 262 g/mol. The first-order chi connectivity index (χ1) is 9.33. The van der Waals surface area contributed by atoms with Gasteiger partial charge in [0.2, 0.25) is 0 Å². The molecular formula is C13H23N3O2S. The lowest BCUT2D eigenvalue weighted by Gasteiger charge is -2.10. The largest absolute Gasteiger partial charge is 0.378 e. The van der Waals surface area contributed by atoms with Crippen LogP contribution in [0, 0.1) is 12.3 Å². The maximum absolute atomic E-state index is 5.41. The van der Waals surface area contributed by atoms with Crippen molar-refractivity contribution in [2.75, 3.05) is 45.3 Å². The molecule has 0 bridgehead atoms. The van der Waals surface area contributed by atoms with E-state index < -0.39 is 0 Å². The van der Waals surface area contributed by atoms with Gasteiger partial charge >= 0.3 is 0 Å². The van der Waals surface area contributed by atoms with Crippen molar-refractivity contribution in [2.45, 2.75) is 24.9 Å². The Balaban J connectivity index is 1.80. The quantitative estimate of drug-likeness (QED) is 0.306. The van der Waals surface area contributed by atoms with Crippen molar-refractivity contribution >= 4 is 12.6 Å². The average molecular weight is 285 g/mol. The smallest absolute Gasteiger partial charge is 0.193 e. The molecule has 1 aliphatic rings. The Morgan fingerprint density at radius 1 is 1.05 bits per heavy atom. The van der Waals surface area contributed by atoms with Crippen LogP contribution in [-0.4, -0.2) is 50.9 Å². The van der Waals surface area contributed by atoms with E-state index in [1.54, 1.807) is 0 Å². The summed E-state index contributed by atoms with van der Waals surface area (Å²) in [5, 5.41) is 11.5. The van der Waals surface area contributed by atoms with Crippen molar-refractivity contribution < 1.29 is 9.47 Å². The molecule has 0 aromatic carbocycles. The molecule has 0 aromatic rings. The van der Waals surface area contributed by atoms with E-state index >= 15 is 0 Å². The highest BCUT2D eigenvalue weighted by atomic mass is 32.1. The molecule has 0 unspecified atom stereocenters. The highest BCUT2D eigenvalue weighted by Crippen LogP contribution is 2.35. The Kier molecular flexibility index (Phi) is 8.84. The second-order valence-electron chi connectivity index (χ2n) is 4.33. The van der Waals surface area contributed by atoms with Crippen LogP contribution >= 0.6 is 12.6 Å². The van der Waals surface area contributed by atoms with Gasteiger partial charge in [0.1, 0.15) is 0 Å². The summed E-state index contributed by atoms with van der Waals surface area (Å²) in [6, 6.07) is 0. The van der Waals surface area contributed by atoms with Crippen LogP contribution in [0.3, 0.4) is 0 Å². The molecule has 1 heterocycles. The van der Waals surface area contributed by atoms with Crippen LogP contribution in [0.1, 0.15) is 19.3 Å². The van der Waals surface area contributed by atoms with Gasteiger partial charge in [-0.2, -0.15) is 22.9 Å². The van der Waals surface area contributed by atoms with E-state index in [2.05, 4.69) is 34.1 Å². The van der Waals surface area contributed by atoms with E-state index in [-0.39, 0.29) is 5.66 Å². The number of ether oxygens (including phenoxy) is 2. The topological polar surface area (TPSA) is 55.2 Å². The van der Waals surface area contributed by atoms with Crippen LogP contribution < -0.4 is 5.32 Å². The maximum Gasteiger partial charge on any atom is 0.193 e. The van der Waals surface area contributed by atoms with Gasteiger partial charge in [-0.3, -0.25) is 0 Å². The molecule has 6 heteroatoms. The molecule has 1 N–H and O–H groups in total. The molecule has 19 heavy (non-hydrogen) atoms. The first-order valence-corrected chi connectivity index (χ1v) is 7.31. The molecule has 0 aliphatic carbocycles. The van der Waals surface area contributed by atoms with E-state index in [0.717, 1.165) is 38.1 Å². The fourth-order valence-electron chi connectivity index (χ4n) is 1.61. The highest BCUT2D eigenvalue weighted by molar-refractivity contribution is 7.80. The van der Waals surface area contributed by atoms with Crippen molar-refractivity contribution in [1.82, 2.24) is 5.32 Å². The van der Waals surface area contributed by atoms with Gasteiger partial charge in [-0.1, -0.05) is 0 Å².